The van der Waals surface area contributed by atoms with E-state index in [0.29, 0.717) is 17.4 Å². The van der Waals surface area contributed by atoms with Gasteiger partial charge >= 0.3 is 0 Å². The second kappa shape index (κ2) is 2.85. The quantitative estimate of drug-likeness (QED) is 0.618. The maximum atomic E-state index is 4.58. The van der Waals surface area contributed by atoms with Gasteiger partial charge in [-0.15, -0.1) is 0 Å². The van der Waals surface area contributed by atoms with E-state index < -0.39 is 0 Å². The lowest BCUT2D eigenvalue weighted by Gasteiger charge is -2.42. The highest BCUT2D eigenvalue weighted by atomic mass is 15.1. The fourth-order valence-corrected chi connectivity index (χ4v) is 2.36. The largest absolute Gasteiger partial charge is 0.331 e. The van der Waals surface area contributed by atoms with Crippen molar-refractivity contribution < 1.29 is 0 Å². The lowest BCUT2D eigenvalue weighted by molar-refractivity contribution is 0.112. The molecular weight excluding hydrogens is 172 g/mol. The third kappa shape index (κ3) is 1.20. The second-order valence-electron chi connectivity index (χ2n) is 5.31. The summed E-state index contributed by atoms with van der Waals surface area (Å²) in [5, 5.41) is 0. The van der Waals surface area contributed by atoms with Crippen molar-refractivity contribution in [1.82, 2.24) is 9.55 Å². The molecule has 0 fully saturated rings. The molecule has 2 heteroatoms. The number of imidazole rings is 1. The highest BCUT2D eigenvalue weighted by Crippen LogP contribution is 2.44. The highest BCUT2D eigenvalue weighted by Gasteiger charge is 2.38. The molecule has 0 aliphatic carbocycles. The Morgan fingerprint density at radius 3 is 2.71 bits per heavy atom. The minimum absolute atomic E-state index is 0.375. The van der Waals surface area contributed by atoms with Crippen LogP contribution in [0.2, 0.25) is 0 Å². The van der Waals surface area contributed by atoms with E-state index in [1.165, 1.54) is 5.82 Å². The van der Waals surface area contributed by atoms with Crippen LogP contribution >= 0.6 is 0 Å². The highest BCUT2D eigenvalue weighted by molar-refractivity contribution is 5.10. The van der Waals surface area contributed by atoms with E-state index >= 15 is 0 Å². The van der Waals surface area contributed by atoms with Gasteiger partial charge < -0.3 is 4.57 Å². The number of aromatic nitrogens is 2. The molecule has 0 radical (unpaired) electrons. The van der Waals surface area contributed by atoms with Crippen molar-refractivity contribution in [2.45, 2.75) is 47.1 Å². The van der Waals surface area contributed by atoms with Crippen molar-refractivity contribution in [3.05, 3.63) is 17.7 Å². The maximum Gasteiger partial charge on any atom is 0.109 e. The molecule has 0 saturated heterocycles. The van der Waals surface area contributed by atoms with Crippen LogP contribution in [0.5, 0.6) is 0 Å². The number of rotatable bonds is 0. The molecule has 1 aliphatic heterocycles. The van der Waals surface area contributed by atoms with Gasteiger partial charge in [0, 0.05) is 18.7 Å². The van der Waals surface area contributed by atoms with Gasteiger partial charge in [-0.2, -0.15) is 0 Å². The number of hydrogen-bond donors (Lipinski definition) is 0. The SMILES string of the molecule is Cc1cn2c(n1)CC(C)C(C)(C)C2C. The third-order valence-corrected chi connectivity index (χ3v) is 4.18. The zero-order valence-electron chi connectivity index (χ0n) is 9.83. The van der Waals surface area contributed by atoms with Crippen LogP contribution in [0, 0.1) is 18.3 Å². The summed E-state index contributed by atoms with van der Waals surface area (Å²) in [5.41, 5.74) is 1.52. The Balaban J connectivity index is 2.48. The number of hydrogen-bond acceptors (Lipinski definition) is 1. The summed E-state index contributed by atoms with van der Waals surface area (Å²) in [5.74, 6) is 1.98. The Hall–Kier alpha value is -0.790. The molecule has 0 spiro atoms. The van der Waals surface area contributed by atoms with Crippen molar-refractivity contribution in [3.63, 3.8) is 0 Å². The van der Waals surface area contributed by atoms with Gasteiger partial charge in [-0.25, -0.2) is 4.98 Å². The van der Waals surface area contributed by atoms with Crippen molar-refractivity contribution >= 4 is 0 Å². The molecule has 0 N–H and O–H groups in total. The zero-order valence-corrected chi connectivity index (χ0v) is 9.83. The van der Waals surface area contributed by atoms with E-state index in [4.69, 9.17) is 0 Å². The summed E-state index contributed by atoms with van der Waals surface area (Å²) in [7, 11) is 0. The van der Waals surface area contributed by atoms with Crippen LogP contribution in [-0.4, -0.2) is 9.55 Å². The topological polar surface area (TPSA) is 17.8 Å². The molecule has 1 aliphatic rings. The first-order valence-corrected chi connectivity index (χ1v) is 5.47. The summed E-state index contributed by atoms with van der Waals surface area (Å²) in [6.07, 6.45) is 3.30. The van der Waals surface area contributed by atoms with Crippen molar-refractivity contribution in [2.75, 3.05) is 0 Å². The minimum Gasteiger partial charge on any atom is -0.331 e. The standard InChI is InChI=1S/C12H20N2/c1-8-6-11-13-9(2)7-14(11)10(3)12(8,4)5/h7-8,10H,6H2,1-5H3. The predicted octanol–water partition coefficient (Wildman–Crippen LogP) is 2.97. The van der Waals surface area contributed by atoms with E-state index in [9.17, 15) is 0 Å². The summed E-state index contributed by atoms with van der Waals surface area (Å²) in [6.45, 7) is 11.4. The van der Waals surface area contributed by atoms with Gasteiger partial charge in [0.15, 0.2) is 0 Å². The van der Waals surface area contributed by atoms with Crippen LogP contribution in [-0.2, 0) is 6.42 Å². The first-order chi connectivity index (χ1) is 6.43. The van der Waals surface area contributed by atoms with Crippen molar-refractivity contribution in [3.8, 4) is 0 Å². The molecular formula is C12H20N2. The maximum absolute atomic E-state index is 4.58. The first kappa shape index (κ1) is 9.75. The van der Waals surface area contributed by atoms with Gasteiger partial charge in [0.1, 0.15) is 5.82 Å². The van der Waals surface area contributed by atoms with Crippen LogP contribution < -0.4 is 0 Å². The fourth-order valence-electron chi connectivity index (χ4n) is 2.36. The molecule has 0 saturated carbocycles. The van der Waals surface area contributed by atoms with Crippen LogP contribution in [0.3, 0.4) is 0 Å². The summed E-state index contributed by atoms with van der Waals surface area (Å²) in [6, 6.07) is 0.558. The minimum atomic E-state index is 0.375. The molecule has 0 aromatic carbocycles. The summed E-state index contributed by atoms with van der Waals surface area (Å²) >= 11 is 0. The van der Waals surface area contributed by atoms with Crippen molar-refractivity contribution in [1.29, 1.82) is 0 Å². The van der Waals surface area contributed by atoms with Gasteiger partial charge in [-0.05, 0) is 25.2 Å². The van der Waals surface area contributed by atoms with Crippen LogP contribution in [0.15, 0.2) is 6.20 Å². The first-order valence-electron chi connectivity index (χ1n) is 5.47. The second-order valence-corrected chi connectivity index (χ2v) is 5.31. The average molecular weight is 192 g/mol. The predicted molar refractivity (Wildman–Crippen MR) is 58.3 cm³/mol. The Morgan fingerprint density at radius 2 is 2.07 bits per heavy atom. The number of nitrogens with zero attached hydrogens (tertiary/aromatic N) is 2. The number of aryl methyl sites for hydroxylation is 1. The Bertz CT molecular complexity index is 349. The molecule has 0 amide bonds. The molecule has 78 valence electrons. The average Bonchev–Trinajstić information content (AvgIpc) is 2.43. The molecule has 2 rings (SSSR count). The van der Waals surface area contributed by atoms with E-state index in [2.05, 4.69) is 50.4 Å². The van der Waals surface area contributed by atoms with E-state index in [-0.39, 0.29) is 0 Å². The molecule has 2 atom stereocenters. The van der Waals surface area contributed by atoms with Gasteiger partial charge in [0.25, 0.3) is 0 Å². The van der Waals surface area contributed by atoms with E-state index in [1.807, 2.05) is 0 Å². The molecule has 2 nitrogen and oxygen atoms in total. The molecule has 0 bridgehead atoms. The lowest BCUT2D eigenvalue weighted by atomic mass is 9.71. The number of fused-ring (bicyclic) bond motifs is 1. The fraction of sp³-hybridized carbons (Fsp3) is 0.750. The zero-order chi connectivity index (χ0) is 10.5. The van der Waals surface area contributed by atoms with Gasteiger partial charge in [0.05, 0.1) is 5.69 Å². The Kier molecular flexibility index (Phi) is 1.98. The van der Waals surface area contributed by atoms with Crippen molar-refractivity contribution in [2.24, 2.45) is 11.3 Å². The Labute approximate surface area is 86.3 Å². The normalized spacial score (nSPS) is 30.1. The lowest BCUT2D eigenvalue weighted by Crippen LogP contribution is -2.38. The van der Waals surface area contributed by atoms with E-state index in [0.717, 1.165) is 12.1 Å². The summed E-state index contributed by atoms with van der Waals surface area (Å²) < 4.78 is 2.36. The van der Waals surface area contributed by atoms with Crippen LogP contribution in [0.25, 0.3) is 0 Å². The molecule has 14 heavy (non-hydrogen) atoms. The van der Waals surface area contributed by atoms with Gasteiger partial charge in [0.2, 0.25) is 0 Å². The van der Waals surface area contributed by atoms with Crippen LogP contribution in [0.1, 0.15) is 45.3 Å². The van der Waals surface area contributed by atoms with E-state index in [1.54, 1.807) is 0 Å². The summed E-state index contributed by atoms with van der Waals surface area (Å²) in [4.78, 5) is 4.58. The van der Waals surface area contributed by atoms with Crippen LogP contribution in [0.4, 0.5) is 0 Å². The molecule has 2 unspecified atom stereocenters. The third-order valence-electron chi connectivity index (χ3n) is 4.18. The Morgan fingerprint density at radius 1 is 1.43 bits per heavy atom. The van der Waals surface area contributed by atoms with Gasteiger partial charge in [-0.1, -0.05) is 20.8 Å². The smallest absolute Gasteiger partial charge is 0.109 e. The molecule has 1 aromatic heterocycles. The molecule has 1 aromatic rings. The molecule has 2 heterocycles. The van der Waals surface area contributed by atoms with Gasteiger partial charge in [-0.3, -0.25) is 0 Å². The monoisotopic (exact) mass is 192 g/mol.